The quantitative estimate of drug-likeness (QED) is 0.173. The molecule has 1 saturated heterocycles. The average Bonchev–Trinajstić information content (AvgIpc) is 3.81. The highest BCUT2D eigenvalue weighted by Crippen LogP contribution is 2.35. The molecule has 7 rings (SSSR count). The molecule has 3 N–H and O–H groups in total. The summed E-state index contributed by atoms with van der Waals surface area (Å²) in [5.41, 5.74) is 2.40. The largest absolute Gasteiger partial charge is 0.508 e. The van der Waals surface area contributed by atoms with Gasteiger partial charge >= 0.3 is 6.18 Å². The van der Waals surface area contributed by atoms with Crippen LogP contribution in [0.5, 0.6) is 11.5 Å². The number of aromatic nitrogens is 4. The van der Waals surface area contributed by atoms with E-state index in [1.165, 1.54) is 6.07 Å². The van der Waals surface area contributed by atoms with Crippen molar-refractivity contribution in [1.82, 2.24) is 24.1 Å². The summed E-state index contributed by atoms with van der Waals surface area (Å²) in [5, 5.41) is 27.7. The smallest absolute Gasteiger partial charge is 0.416 e. The molecule has 0 spiro atoms. The molecule has 55 heavy (non-hydrogen) atoms. The van der Waals surface area contributed by atoms with Crippen LogP contribution in [-0.4, -0.2) is 72.3 Å². The molecule has 288 valence electrons. The van der Waals surface area contributed by atoms with Gasteiger partial charge in [0.05, 0.1) is 40.7 Å². The number of hydrogen-bond acceptors (Lipinski definition) is 9. The van der Waals surface area contributed by atoms with E-state index in [9.17, 15) is 37.8 Å². The minimum absolute atomic E-state index is 0.0292. The molecule has 17 heteroatoms. The second-order valence-corrected chi connectivity index (χ2v) is 14.2. The van der Waals surface area contributed by atoms with E-state index in [1.54, 1.807) is 9.47 Å². The molecule has 13 nitrogen and oxygen atoms in total. The van der Waals surface area contributed by atoms with E-state index in [2.05, 4.69) is 10.4 Å². The van der Waals surface area contributed by atoms with Crippen LogP contribution in [0, 0.1) is 0 Å². The van der Waals surface area contributed by atoms with E-state index >= 15 is 0 Å². The predicted molar refractivity (Wildman–Crippen MR) is 198 cm³/mol. The lowest BCUT2D eigenvalue weighted by Gasteiger charge is -2.37. The van der Waals surface area contributed by atoms with Gasteiger partial charge in [0.25, 0.3) is 11.5 Å². The zero-order valence-corrected chi connectivity index (χ0v) is 30.8. The van der Waals surface area contributed by atoms with Crippen molar-refractivity contribution >= 4 is 40.6 Å². The number of rotatable bonds is 8. The fourth-order valence-corrected chi connectivity index (χ4v) is 7.25. The lowest BCUT2D eigenvalue weighted by Crippen LogP contribution is -2.51. The maximum absolute atomic E-state index is 14.4. The highest BCUT2D eigenvalue weighted by Gasteiger charge is 2.32. The second kappa shape index (κ2) is 14.6. The lowest BCUT2D eigenvalue weighted by molar-refractivity contribution is -0.137. The summed E-state index contributed by atoms with van der Waals surface area (Å²) in [6.07, 6.45) is -4.35. The molecular weight excluding hydrogens is 743 g/mol. The zero-order valence-electron chi connectivity index (χ0n) is 30.1. The molecular formula is C38H37ClF3N7O6. The molecule has 2 aliphatic rings. The first-order valence-electron chi connectivity index (χ1n) is 17.6. The van der Waals surface area contributed by atoms with Gasteiger partial charge in [-0.25, -0.2) is 0 Å². The monoisotopic (exact) mass is 779 g/mol. The van der Waals surface area contributed by atoms with Crippen molar-refractivity contribution < 1.29 is 37.7 Å². The van der Waals surface area contributed by atoms with Crippen LogP contribution >= 0.6 is 11.6 Å². The first-order valence-corrected chi connectivity index (χ1v) is 18.0. The molecule has 0 saturated carbocycles. The van der Waals surface area contributed by atoms with E-state index in [0.717, 1.165) is 39.9 Å². The van der Waals surface area contributed by atoms with Crippen LogP contribution in [-0.2, 0) is 41.9 Å². The van der Waals surface area contributed by atoms with Gasteiger partial charge in [0.2, 0.25) is 11.7 Å². The number of alkyl halides is 3. The van der Waals surface area contributed by atoms with Gasteiger partial charge in [0.15, 0.2) is 5.82 Å². The summed E-state index contributed by atoms with van der Waals surface area (Å²) in [5.74, 6) is -1.32. The SMILES string of the molecule is CCc1c(N2CCN(C(=O)c3cc(C(C)C)c(O)cc3O)CC2)c(=O)n2nc(-c3ccc4c(c3)COC4)nc2n1CC(=O)Nc1ccc(C(F)(F)F)cc1Cl. The lowest BCUT2D eigenvalue weighted by atomic mass is 9.98. The average molecular weight is 780 g/mol. The number of fused-ring (bicyclic) bond motifs is 2. The maximum Gasteiger partial charge on any atom is 0.416 e. The van der Waals surface area contributed by atoms with Crippen molar-refractivity contribution in [3.63, 3.8) is 0 Å². The number of amides is 2. The maximum atomic E-state index is 14.4. The molecule has 0 unspecified atom stereocenters. The van der Waals surface area contributed by atoms with Crippen molar-refractivity contribution in [2.75, 3.05) is 36.4 Å². The van der Waals surface area contributed by atoms with E-state index in [1.807, 2.05) is 43.9 Å². The molecule has 0 aliphatic carbocycles. The Hall–Kier alpha value is -5.61. The Balaban J connectivity index is 1.24. The summed E-state index contributed by atoms with van der Waals surface area (Å²) in [6, 6.07) is 10.9. The fourth-order valence-electron chi connectivity index (χ4n) is 7.02. The number of nitrogens with one attached hydrogen (secondary N) is 1. The Kier molecular flexibility index (Phi) is 9.98. The number of nitrogens with zero attached hydrogens (tertiary/aromatic N) is 6. The zero-order chi connectivity index (χ0) is 39.3. The number of anilines is 2. The number of piperazine rings is 1. The molecule has 3 aromatic carbocycles. The summed E-state index contributed by atoms with van der Waals surface area (Å²) in [4.78, 5) is 49.7. The number of phenolic OH excluding ortho intramolecular Hbond substituents is 2. The first kappa shape index (κ1) is 37.7. The topological polar surface area (TPSA) is 155 Å². The van der Waals surface area contributed by atoms with Crippen LogP contribution in [0.15, 0.2) is 53.3 Å². The fraction of sp³-hybridized carbons (Fsp3) is 0.342. The Morgan fingerprint density at radius 3 is 2.38 bits per heavy atom. The molecule has 2 amide bonds. The van der Waals surface area contributed by atoms with Gasteiger partial charge < -0.3 is 34.6 Å². The van der Waals surface area contributed by atoms with E-state index in [0.29, 0.717) is 30.0 Å². The van der Waals surface area contributed by atoms with Gasteiger partial charge in [-0.2, -0.15) is 22.7 Å². The molecule has 4 heterocycles. The van der Waals surface area contributed by atoms with Gasteiger partial charge in [-0.1, -0.05) is 44.5 Å². The number of benzene rings is 3. The number of ether oxygens (including phenoxy) is 1. The van der Waals surface area contributed by atoms with Crippen LogP contribution in [0.25, 0.3) is 17.2 Å². The number of aromatic hydroxyl groups is 2. The minimum atomic E-state index is -4.62. The summed E-state index contributed by atoms with van der Waals surface area (Å²) >= 11 is 6.15. The van der Waals surface area contributed by atoms with Crippen molar-refractivity contribution in [2.45, 2.75) is 59.0 Å². The molecule has 5 aromatic rings. The number of phenols is 2. The van der Waals surface area contributed by atoms with Crippen molar-refractivity contribution in [1.29, 1.82) is 0 Å². The summed E-state index contributed by atoms with van der Waals surface area (Å²) in [7, 11) is 0. The third kappa shape index (κ3) is 7.18. The van der Waals surface area contributed by atoms with Crippen LogP contribution in [0.1, 0.15) is 65.0 Å². The second-order valence-electron chi connectivity index (χ2n) is 13.8. The summed E-state index contributed by atoms with van der Waals surface area (Å²) in [6.45, 7) is 6.84. The Labute approximate surface area is 317 Å². The standard InChI is InChI=1S/C38H37ClF3N7O6/c1-4-29-33(46-9-11-47(12-10-46)35(53)26-15-25(20(2)3)30(50)16-31(26)51)36(54)49-37(44-34(45-49)21-5-6-22-18-55-19-23(22)13-21)48(29)17-32(52)43-28-8-7-24(14-27(28)39)38(40,41)42/h5-8,13-16,20,50-51H,4,9-12,17-19H2,1-3H3,(H,43,52). The highest BCUT2D eigenvalue weighted by atomic mass is 35.5. The Morgan fingerprint density at radius 2 is 1.71 bits per heavy atom. The first-order chi connectivity index (χ1) is 26.1. The Morgan fingerprint density at radius 1 is 0.982 bits per heavy atom. The van der Waals surface area contributed by atoms with Gasteiger partial charge in [-0.05, 0) is 59.4 Å². The molecule has 2 aliphatic heterocycles. The van der Waals surface area contributed by atoms with E-state index in [-0.39, 0.29) is 83.6 Å². The van der Waals surface area contributed by atoms with Crippen molar-refractivity contribution in [3.8, 4) is 22.9 Å². The number of hydrogen-bond donors (Lipinski definition) is 3. The van der Waals surface area contributed by atoms with Crippen molar-refractivity contribution in [2.24, 2.45) is 0 Å². The van der Waals surface area contributed by atoms with Gasteiger partial charge in [0, 0.05) is 37.8 Å². The Bertz CT molecular complexity index is 2400. The number of carbonyl (C=O) groups excluding carboxylic acids is 2. The molecule has 0 bridgehead atoms. The normalized spacial score (nSPS) is 14.5. The van der Waals surface area contributed by atoms with Gasteiger partial charge in [0.1, 0.15) is 23.7 Å². The predicted octanol–water partition coefficient (Wildman–Crippen LogP) is 5.96. The van der Waals surface area contributed by atoms with Gasteiger partial charge in [-0.15, -0.1) is 5.10 Å². The third-order valence-electron chi connectivity index (χ3n) is 9.89. The number of halogens is 4. The van der Waals surface area contributed by atoms with E-state index in [4.69, 9.17) is 21.3 Å². The number of carbonyl (C=O) groups is 2. The minimum Gasteiger partial charge on any atom is -0.508 e. The molecule has 1 fully saturated rings. The molecule has 0 radical (unpaired) electrons. The summed E-state index contributed by atoms with van der Waals surface area (Å²) < 4.78 is 48.0. The van der Waals surface area contributed by atoms with Crippen molar-refractivity contribution in [3.05, 3.63) is 97.4 Å². The van der Waals surface area contributed by atoms with Crippen LogP contribution in [0.4, 0.5) is 24.5 Å². The van der Waals surface area contributed by atoms with Crippen LogP contribution in [0.3, 0.4) is 0 Å². The van der Waals surface area contributed by atoms with E-state index < -0.39 is 35.7 Å². The molecule has 0 atom stereocenters. The highest BCUT2D eigenvalue weighted by molar-refractivity contribution is 6.33. The molecule has 2 aromatic heterocycles. The third-order valence-corrected chi connectivity index (χ3v) is 10.2. The van der Waals surface area contributed by atoms with Gasteiger partial charge in [-0.3, -0.25) is 14.4 Å². The van der Waals surface area contributed by atoms with Crippen LogP contribution < -0.4 is 15.8 Å². The van der Waals surface area contributed by atoms with Crippen LogP contribution in [0.2, 0.25) is 5.02 Å².